The summed E-state index contributed by atoms with van der Waals surface area (Å²) >= 11 is 3.44. The molecular weight excluding hydrogens is 304 g/mol. The second-order valence-corrected chi connectivity index (χ2v) is 6.20. The zero-order valence-corrected chi connectivity index (χ0v) is 12.5. The Bertz CT molecular complexity index is 572. The molecule has 1 unspecified atom stereocenters. The first-order chi connectivity index (χ1) is 9.15. The first-order valence-corrected chi connectivity index (χ1v) is 7.41. The van der Waals surface area contributed by atoms with Crippen LogP contribution in [0.1, 0.15) is 24.1 Å². The molecule has 1 atom stereocenters. The lowest BCUT2D eigenvalue weighted by Crippen LogP contribution is -2.25. The predicted molar refractivity (Wildman–Crippen MR) is 78.8 cm³/mol. The van der Waals surface area contributed by atoms with Crippen molar-refractivity contribution in [3.63, 3.8) is 0 Å². The lowest BCUT2D eigenvalue weighted by atomic mass is 9.98. The highest BCUT2D eigenvalue weighted by Gasteiger charge is 2.30. The molecule has 2 N–H and O–H groups in total. The zero-order chi connectivity index (χ0) is 13.4. The summed E-state index contributed by atoms with van der Waals surface area (Å²) < 4.78 is 6.56. The van der Waals surface area contributed by atoms with Crippen molar-refractivity contribution >= 4 is 15.9 Å². The summed E-state index contributed by atoms with van der Waals surface area (Å²) in [5.41, 5.74) is 9.40. The number of nitrogens with zero attached hydrogens (tertiary/aromatic N) is 1. The van der Waals surface area contributed by atoms with Gasteiger partial charge in [-0.15, -0.1) is 0 Å². The number of hydrogen-bond acceptors (Lipinski definition) is 3. The Morgan fingerprint density at radius 1 is 1.37 bits per heavy atom. The molecule has 0 saturated heterocycles. The van der Waals surface area contributed by atoms with Crippen LogP contribution in [-0.2, 0) is 6.42 Å². The van der Waals surface area contributed by atoms with Gasteiger partial charge in [-0.1, -0.05) is 33.2 Å². The van der Waals surface area contributed by atoms with Crippen LogP contribution in [0, 0.1) is 12.8 Å². The SMILES string of the molecule is Cc1noc(-c2ccc(Br)cc2)c1CC(N)C1CC1. The minimum Gasteiger partial charge on any atom is -0.356 e. The van der Waals surface area contributed by atoms with Gasteiger partial charge < -0.3 is 10.3 Å². The molecule has 19 heavy (non-hydrogen) atoms. The van der Waals surface area contributed by atoms with Crippen LogP contribution in [0.15, 0.2) is 33.3 Å². The summed E-state index contributed by atoms with van der Waals surface area (Å²) in [5, 5.41) is 4.11. The maximum Gasteiger partial charge on any atom is 0.170 e. The molecule has 100 valence electrons. The topological polar surface area (TPSA) is 52.0 Å². The molecule has 1 aromatic carbocycles. The van der Waals surface area contributed by atoms with E-state index in [0.717, 1.165) is 33.5 Å². The average molecular weight is 321 g/mol. The van der Waals surface area contributed by atoms with Crippen molar-refractivity contribution < 1.29 is 4.52 Å². The molecule has 3 nitrogen and oxygen atoms in total. The van der Waals surface area contributed by atoms with E-state index in [9.17, 15) is 0 Å². The Labute approximate surface area is 121 Å². The number of hydrogen-bond donors (Lipinski definition) is 1. The van der Waals surface area contributed by atoms with E-state index in [0.29, 0.717) is 5.92 Å². The van der Waals surface area contributed by atoms with Crippen LogP contribution >= 0.6 is 15.9 Å². The number of rotatable bonds is 4. The summed E-state index contributed by atoms with van der Waals surface area (Å²) in [5.74, 6) is 1.55. The van der Waals surface area contributed by atoms with Gasteiger partial charge in [0, 0.05) is 21.6 Å². The molecule has 1 aliphatic rings. The fourth-order valence-electron chi connectivity index (χ4n) is 2.38. The summed E-state index contributed by atoms with van der Waals surface area (Å²) in [6.07, 6.45) is 3.38. The highest BCUT2D eigenvalue weighted by molar-refractivity contribution is 9.10. The second-order valence-electron chi connectivity index (χ2n) is 5.29. The minimum absolute atomic E-state index is 0.229. The third kappa shape index (κ3) is 2.74. The van der Waals surface area contributed by atoms with Gasteiger partial charge in [0.25, 0.3) is 0 Å². The molecule has 2 aromatic rings. The van der Waals surface area contributed by atoms with Crippen LogP contribution in [0.5, 0.6) is 0 Å². The Morgan fingerprint density at radius 3 is 2.68 bits per heavy atom. The molecule has 4 heteroatoms. The molecule has 1 heterocycles. The van der Waals surface area contributed by atoms with E-state index >= 15 is 0 Å². The van der Waals surface area contributed by atoms with Crippen LogP contribution in [-0.4, -0.2) is 11.2 Å². The van der Waals surface area contributed by atoms with E-state index in [1.165, 1.54) is 12.8 Å². The predicted octanol–water partition coefficient (Wildman–Crippen LogP) is 3.69. The van der Waals surface area contributed by atoms with Crippen molar-refractivity contribution in [3.05, 3.63) is 40.0 Å². The Morgan fingerprint density at radius 2 is 2.05 bits per heavy atom. The van der Waals surface area contributed by atoms with Gasteiger partial charge in [0.1, 0.15) is 0 Å². The first kappa shape index (κ1) is 12.9. The highest BCUT2D eigenvalue weighted by atomic mass is 79.9. The van der Waals surface area contributed by atoms with Gasteiger partial charge in [-0.3, -0.25) is 0 Å². The van der Waals surface area contributed by atoms with Crippen LogP contribution in [0.3, 0.4) is 0 Å². The van der Waals surface area contributed by atoms with Gasteiger partial charge in [-0.2, -0.15) is 0 Å². The normalized spacial score (nSPS) is 16.6. The Hall–Kier alpha value is -1.13. The molecule has 1 aliphatic carbocycles. The quantitative estimate of drug-likeness (QED) is 0.934. The van der Waals surface area contributed by atoms with E-state index in [1.807, 2.05) is 31.2 Å². The Kier molecular flexibility index (Phi) is 3.46. The van der Waals surface area contributed by atoms with Gasteiger partial charge in [0.2, 0.25) is 0 Å². The molecule has 1 saturated carbocycles. The molecule has 0 amide bonds. The summed E-state index contributed by atoms with van der Waals surface area (Å²) in [6, 6.07) is 8.33. The van der Waals surface area contributed by atoms with Crippen LogP contribution in [0.2, 0.25) is 0 Å². The van der Waals surface area contributed by atoms with Crippen LogP contribution in [0.4, 0.5) is 0 Å². The minimum atomic E-state index is 0.229. The summed E-state index contributed by atoms with van der Waals surface area (Å²) in [6.45, 7) is 1.99. The molecule has 1 aromatic heterocycles. The van der Waals surface area contributed by atoms with E-state index < -0.39 is 0 Å². The van der Waals surface area contributed by atoms with Crippen LogP contribution in [0.25, 0.3) is 11.3 Å². The fraction of sp³-hybridized carbons (Fsp3) is 0.400. The summed E-state index contributed by atoms with van der Waals surface area (Å²) in [7, 11) is 0. The largest absolute Gasteiger partial charge is 0.356 e. The lowest BCUT2D eigenvalue weighted by molar-refractivity contribution is 0.426. The summed E-state index contributed by atoms with van der Waals surface area (Å²) in [4.78, 5) is 0. The zero-order valence-electron chi connectivity index (χ0n) is 10.9. The average Bonchev–Trinajstić information content (AvgIpc) is 3.18. The second kappa shape index (κ2) is 5.10. The van der Waals surface area contributed by atoms with E-state index in [2.05, 4.69) is 21.1 Å². The number of nitrogens with two attached hydrogens (primary N) is 1. The fourth-order valence-corrected chi connectivity index (χ4v) is 2.65. The molecular formula is C15H17BrN2O. The molecule has 0 spiro atoms. The van der Waals surface area contributed by atoms with Gasteiger partial charge in [-0.05, 0) is 44.2 Å². The Balaban J connectivity index is 1.90. The third-order valence-electron chi connectivity index (χ3n) is 3.76. The lowest BCUT2D eigenvalue weighted by Gasteiger charge is -2.10. The van der Waals surface area contributed by atoms with Crippen molar-refractivity contribution in [3.8, 4) is 11.3 Å². The van der Waals surface area contributed by atoms with Crippen molar-refractivity contribution in [2.45, 2.75) is 32.2 Å². The van der Waals surface area contributed by atoms with Gasteiger partial charge in [-0.25, -0.2) is 0 Å². The van der Waals surface area contributed by atoms with E-state index in [4.69, 9.17) is 10.3 Å². The van der Waals surface area contributed by atoms with E-state index in [1.54, 1.807) is 0 Å². The van der Waals surface area contributed by atoms with Gasteiger partial charge in [0.15, 0.2) is 5.76 Å². The number of halogens is 1. The number of aromatic nitrogens is 1. The number of benzene rings is 1. The van der Waals surface area contributed by atoms with Crippen molar-refractivity contribution in [1.29, 1.82) is 0 Å². The van der Waals surface area contributed by atoms with Crippen LogP contribution < -0.4 is 5.73 Å². The maximum absolute atomic E-state index is 6.23. The highest BCUT2D eigenvalue weighted by Crippen LogP contribution is 2.35. The molecule has 1 fully saturated rings. The van der Waals surface area contributed by atoms with Gasteiger partial charge >= 0.3 is 0 Å². The molecule has 0 bridgehead atoms. The molecule has 3 rings (SSSR count). The molecule has 0 radical (unpaired) electrons. The maximum atomic E-state index is 6.23. The smallest absolute Gasteiger partial charge is 0.170 e. The molecule has 0 aliphatic heterocycles. The van der Waals surface area contributed by atoms with E-state index in [-0.39, 0.29) is 6.04 Å². The van der Waals surface area contributed by atoms with Crippen molar-refractivity contribution in [1.82, 2.24) is 5.16 Å². The van der Waals surface area contributed by atoms with Gasteiger partial charge in [0.05, 0.1) is 5.69 Å². The van der Waals surface area contributed by atoms with Crippen molar-refractivity contribution in [2.75, 3.05) is 0 Å². The monoisotopic (exact) mass is 320 g/mol. The number of aryl methyl sites for hydroxylation is 1. The standard InChI is InChI=1S/C15H17BrN2O/c1-9-13(8-14(17)10-2-3-10)15(19-18-9)11-4-6-12(16)7-5-11/h4-7,10,14H,2-3,8,17H2,1H3. The van der Waals surface area contributed by atoms with Crippen molar-refractivity contribution in [2.24, 2.45) is 11.7 Å². The third-order valence-corrected chi connectivity index (χ3v) is 4.29. The first-order valence-electron chi connectivity index (χ1n) is 6.62.